The quantitative estimate of drug-likeness (QED) is 0.782. The number of carbonyl (C=O) groups excluding carboxylic acids is 1. The van der Waals surface area contributed by atoms with Crippen molar-refractivity contribution in [2.24, 2.45) is 0 Å². The fourth-order valence-corrected chi connectivity index (χ4v) is 1.69. The van der Waals surface area contributed by atoms with Crippen LogP contribution >= 0.6 is 11.6 Å². The van der Waals surface area contributed by atoms with Crippen molar-refractivity contribution in [1.29, 1.82) is 0 Å². The summed E-state index contributed by atoms with van der Waals surface area (Å²) < 4.78 is 13.6. The maximum atomic E-state index is 13.6. The van der Waals surface area contributed by atoms with Crippen LogP contribution in [0.25, 0.3) is 0 Å². The van der Waals surface area contributed by atoms with E-state index >= 15 is 0 Å². The largest absolute Gasteiger partial charge is 0.294 e. The van der Waals surface area contributed by atoms with E-state index in [2.05, 4.69) is 4.98 Å². The minimum absolute atomic E-state index is 0.00356. The van der Waals surface area contributed by atoms with E-state index in [-0.39, 0.29) is 17.2 Å². The molecule has 0 aliphatic carbocycles. The standard InChI is InChI=1S/C13H9ClFNO/c14-11-3-1-2-10(13(11)15)8-12(17)9-4-6-16-7-5-9/h1-7H,8H2. The minimum atomic E-state index is -0.531. The molecule has 2 aromatic rings. The minimum Gasteiger partial charge on any atom is -0.294 e. The number of ketones is 1. The summed E-state index contributed by atoms with van der Waals surface area (Å²) in [7, 11) is 0. The molecule has 0 fully saturated rings. The summed E-state index contributed by atoms with van der Waals surface area (Å²) in [6, 6.07) is 7.84. The van der Waals surface area contributed by atoms with Crippen molar-refractivity contribution in [2.45, 2.75) is 6.42 Å². The van der Waals surface area contributed by atoms with Crippen LogP contribution in [-0.4, -0.2) is 10.8 Å². The van der Waals surface area contributed by atoms with Gasteiger partial charge in [0.05, 0.1) is 5.02 Å². The lowest BCUT2D eigenvalue weighted by Crippen LogP contribution is -2.05. The van der Waals surface area contributed by atoms with Crippen molar-refractivity contribution >= 4 is 17.4 Å². The maximum absolute atomic E-state index is 13.6. The van der Waals surface area contributed by atoms with Gasteiger partial charge in [0.15, 0.2) is 5.78 Å². The van der Waals surface area contributed by atoms with E-state index in [9.17, 15) is 9.18 Å². The number of rotatable bonds is 3. The van der Waals surface area contributed by atoms with Crippen LogP contribution < -0.4 is 0 Å². The van der Waals surface area contributed by atoms with Crippen LogP contribution in [0.4, 0.5) is 4.39 Å². The van der Waals surface area contributed by atoms with Crippen LogP contribution in [0, 0.1) is 5.82 Å². The Kier molecular flexibility index (Phi) is 3.49. The van der Waals surface area contributed by atoms with Gasteiger partial charge in [-0.25, -0.2) is 4.39 Å². The molecule has 86 valence electrons. The van der Waals surface area contributed by atoms with Crippen LogP contribution in [-0.2, 0) is 6.42 Å². The highest BCUT2D eigenvalue weighted by molar-refractivity contribution is 6.30. The van der Waals surface area contributed by atoms with Crippen molar-refractivity contribution in [3.05, 3.63) is 64.7 Å². The lowest BCUT2D eigenvalue weighted by molar-refractivity contribution is 0.0991. The predicted molar refractivity (Wildman–Crippen MR) is 63.7 cm³/mol. The molecule has 0 bridgehead atoms. The molecule has 0 atom stereocenters. The number of aromatic nitrogens is 1. The molecule has 0 amide bonds. The molecular formula is C13H9ClFNO. The Morgan fingerprint density at radius 3 is 2.65 bits per heavy atom. The third-order valence-electron chi connectivity index (χ3n) is 2.38. The summed E-state index contributed by atoms with van der Waals surface area (Å²) in [5.41, 5.74) is 0.818. The normalized spacial score (nSPS) is 10.2. The lowest BCUT2D eigenvalue weighted by Gasteiger charge is -2.03. The summed E-state index contributed by atoms with van der Waals surface area (Å²) >= 11 is 5.65. The molecule has 0 spiro atoms. The van der Waals surface area contributed by atoms with Gasteiger partial charge in [0.1, 0.15) is 5.82 Å². The summed E-state index contributed by atoms with van der Waals surface area (Å²) in [6.07, 6.45) is 3.06. The number of hydrogen-bond donors (Lipinski definition) is 0. The second-order valence-electron chi connectivity index (χ2n) is 3.55. The highest BCUT2D eigenvalue weighted by Gasteiger charge is 2.11. The van der Waals surface area contributed by atoms with Gasteiger partial charge in [-0.05, 0) is 23.8 Å². The van der Waals surface area contributed by atoms with Crippen molar-refractivity contribution in [3.63, 3.8) is 0 Å². The van der Waals surface area contributed by atoms with E-state index < -0.39 is 5.82 Å². The molecule has 2 rings (SSSR count). The highest BCUT2D eigenvalue weighted by atomic mass is 35.5. The molecule has 0 N–H and O–H groups in total. The Morgan fingerprint density at radius 1 is 1.24 bits per heavy atom. The fourth-order valence-electron chi connectivity index (χ4n) is 1.50. The van der Waals surface area contributed by atoms with Gasteiger partial charge in [0.2, 0.25) is 0 Å². The first-order valence-corrected chi connectivity index (χ1v) is 5.42. The topological polar surface area (TPSA) is 30.0 Å². The maximum Gasteiger partial charge on any atom is 0.167 e. The molecule has 17 heavy (non-hydrogen) atoms. The van der Waals surface area contributed by atoms with Crippen LogP contribution in [0.1, 0.15) is 15.9 Å². The number of nitrogens with zero attached hydrogens (tertiary/aromatic N) is 1. The van der Waals surface area contributed by atoms with Gasteiger partial charge in [-0.2, -0.15) is 0 Å². The zero-order chi connectivity index (χ0) is 12.3. The van der Waals surface area contributed by atoms with Gasteiger partial charge < -0.3 is 0 Å². The monoisotopic (exact) mass is 249 g/mol. The summed E-state index contributed by atoms with van der Waals surface area (Å²) in [4.78, 5) is 15.7. The molecule has 0 radical (unpaired) electrons. The Hall–Kier alpha value is -1.74. The Labute approximate surface area is 103 Å². The molecule has 0 saturated heterocycles. The Bertz CT molecular complexity index is 542. The van der Waals surface area contributed by atoms with Gasteiger partial charge in [-0.1, -0.05) is 23.7 Å². The van der Waals surface area contributed by atoms with E-state index in [4.69, 9.17) is 11.6 Å². The van der Waals surface area contributed by atoms with Gasteiger partial charge in [-0.15, -0.1) is 0 Å². The van der Waals surface area contributed by atoms with Gasteiger partial charge in [0.25, 0.3) is 0 Å². The third-order valence-corrected chi connectivity index (χ3v) is 2.68. The smallest absolute Gasteiger partial charge is 0.167 e. The van der Waals surface area contributed by atoms with E-state index in [1.54, 1.807) is 24.3 Å². The molecular weight excluding hydrogens is 241 g/mol. The van der Waals surface area contributed by atoms with Crippen LogP contribution in [0.15, 0.2) is 42.7 Å². The second kappa shape index (κ2) is 5.06. The van der Waals surface area contributed by atoms with E-state index in [0.717, 1.165) is 0 Å². The number of benzene rings is 1. The third kappa shape index (κ3) is 2.68. The predicted octanol–water partition coefficient (Wildman–Crippen LogP) is 3.30. The number of pyridine rings is 1. The summed E-state index contributed by atoms with van der Waals surface area (Å²) in [6.45, 7) is 0. The molecule has 0 aliphatic heterocycles. The number of carbonyl (C=O) groups is 1. The molecule has 4 heteroatoms. The van der Waals surface area contributed by atoms with E-state index in [1.165, 1.54) is 18.5 Å². The Morgan fingerprint density at radius 2 is 1.94 bits per heavy atom. The molecule has 1 aromatic carbocycles. The first-order chi connectivity index (χ1) is 8.18. The SMILES string of the molecule is O=C(Cc1cccc(Cl)c1F)c1ccncc1. The van der Waals surface area contributed by atoms with Crippen LogP contribution in [0.5, 0.6) is 0 Å². The zero-order valence-electron chi connectivity index (χ0n) is 8.86. The van der Waals surface area contributed by atoms with Crippen molar-refractivity contribution < 1.29 is 9.18 Å². The van der Waals surface area contributed by atoms with E-state index in [1.807, 2.05) is 0 Å². The average molecular weight is 250 g/mol. The molecule has 0 aliphatic rings. The first-order valence-electron chi connectivity index (χ1n) is 5.04. The zero-order valence-corrected chi connectivity index (χ0v) is 9.62. The molecule has 0 saturated carbocycles. The van der Waals surface area contributed by atoms with Crippen molar-refractivity contribution in [1.82, 2.24) is 4.98 Å². The fraction of sp³-hybridized carbons (Fsp3) is 0.0769. The van der Waals surface area contributed by atoms with Crippen molar-refractivity contribution in [2.75, 3.05) is 0 Å². The van der Waals surface area contributed by atoms with Gasteiger partial charge in [-0.3, -0.25) is 9.78 Å². The summed E-state index contributed by atoms with van der Waals surface area (Å²) in [5, 5.41) is 0.0324. The first kappa shape index (κ1) is 11.7. The number of Topliss-reactive ketones (excluding diaryl/α,β-unsaturated/α-hetero) is 1. The van der Waals surface area contributed by atoms with Crippen molar-refractivity contribution in [3.8, 4) is 0 Å². The average Bonchev–Trinajstić information content (AvgIpc) is 2.36. The van der Waals surface area contributed by atoms with Gasteiger partial charge >= 0.3 is 0 Å². The number of halogens is 2. The highest BCUT2D eigenvalue weighted by Crippen LogP contribution is 2.19. The molecule has 1 aromatic heterocycles. The molecule has 2 nitrogen and oxygen atoms in total. The summed E-state index contributed by atoms with van der Waals surface area (Å²) in [5.74, 6) is -0.690. The second-order valence-corrected chi connectivity index (χ2v) is 3.96. The van der Waals surface area contributed by atoms with Gasteiger partial charge in [0, 0.05) is 24.4 Å². The van der Waals surface area contributed by atoms with Crippen LogP contribution in [0.2, 0.25) is 5.02 Å². The van der Waals surface area contributed by atoms with E-state index in [0.29, 0.717) is 11.1 Å². The Balaban J connectivity index is 2.22. The molecule has 1 heterocycles. The lowest BCUT2D eigenvalue weighted by atomic mass is 10.0. The van der Waals surface area contributed by atoms with Crippen LogP contribution in [0.3, 0.4) is 0 Å². The number of hydrogen-bond acceptors (Lipinski definition) is 2. The molecule has 0 unspecified atom stereocenters.